The Bertz CT molecular complexity index is 304. The Balaban J connectivity index is 2.79. The van der Waals surface area contributed by atoms with Crippen LogP contribution in [0.25, 0.3) is 6.08 Å². The predicted octanol–water partition coefficient (Wildman–Crippen LogP) is 0.833. The minimum Gasteiger partial charge on any atom is -0.400 e. The van der Waals surface area contributed by atoms with Gasteiger partial charge in [-0.2, -0.15) is 0 Å². The second kappa shape index (κ2) is 4.79. The molecular weight excluding hydrogens is 174 g/mol. The van der Waals surface area contributed by atoms with E-state index >= 15 is 0 Å². The van der Waals surface area contributed by atoms with Gasteiger partial charge in [-0.1, -0.05) is 30.3 Å². The third-order valence-corrected chi connectivity index (χ3v) is 2.03. The van der Waals surface area contributed by atoms with E-state index in [2.05, 4.69) is 0 Å². The van der Waals surface area contributed by atoms with Crippen LogP contribution in [0.4, 0.5) is 0 Å². The maximum absolute atomic E-state index is 5.84. The Hall–Kier alpha value is -1.32. The van der Waals surface area contributed by atoms with Crippen molar-refractivity contribution in [1.82, 2.24) is 4.90 Å². The minimum absolute atomic E-state index is 0.227. The van der Waals surface area contributed by atoms with E-state index in [0.717, 1.165) is 5.56 Å². The number of nitrogens with zero attached hydrogens (tertiary/aromatic N) is 1. The number of likely N-dealkylation sites (N-methyl/N-ethyl adjacent to an activating group) is 1. The van der Waals surface area contributed by atoms with Gasteiger partial charge in [0.25, 0.3) is 0 Å². The Morgan fingerprint density at radius 1 is 1.29 bits per heavy atom. The molecule has 0 aliphatic rings. The molecule has 0 aliphatic carbocycles. The summed E-state index contributed by atoms with van der Waals surface area (Å²) in [4.78, 5) is 1.87. The van der Waals surface area contributed by atoms with E-state index in [-0.39, 0.29) is 6.17 Å². The van der Waals surface area contributed by atoms with E-state index in [4.69, 9.17) is 11.5 Å². The van der Waals surface area contributed by atoms with Gasteiger partial charge in [0.1, 0.15) is 0 Å². The molecule has 1 aromatic rings. The molecule has 3 heteroatoms. The molecule has 0 fully saturated rings. The molecule has 14 heavy (non-hydrogen) atoms. The third-order valence-electron chi connectivity index (χ3n) is 2.03. The quantitative estimate of drug-likeness (QED) is 0.696. The highest BCUT2D eigenvalue weighted by Crippen LogP contribution is 2.05. The lowest BCUT2D eigenvalue weighted by molar-refractivity contribution is 0.337. The lowest BCUT2D eigenvalue weighted by Gasteiger charge is -2.19. The van der Waals surface area contributed by atoms with Crippen LogP contribution in [0.3, 0.4) is 0 Å². The van der Waals surface area contributed by atoms with Crippen molar-refractivity contribution in [2.24, 2.45) is 11.5 Å². The van der Waals surface area contributed by atoms with Crippen molar-refractivity contribution in [1.29, 1.82) is 0 Å². The fraction of sp³-hybridized carbons (Fsp3) is 0.273. The van der Waals surface area contributed by atoms with Crippen molar-refractivity contribution in [2.75, 3.05) is 14.1 Å². The van der Waals surface area contributed by atoms with Crippen molar-refractivity contribution in [3.8, 4) is 0 Å². The zero-order chi connectivity index (χ0) is 10.6. The Morgan fingerprint density at radius 2 is 1.86 bits per heavy atom. The van der Waals surface area contributed by atoms with Gasteiger partial charge in [-0.3, -0.25) is 4.90 Å². The molecule has 1 unspecified atom stereocenters. The molecule has 1 atom stereocenters. The van der Waals surface area contributed by atoms with E-state index < -0.39 is 0 Å². The zero-order valence-corrected chi connectivity index (χ0v) is 8.64. The molecular formula is C11H17N3. The molecule has 0 spiro atoms. The van der Waals surface area contributed by atoms with Crippen LogP contribution in [0.5, 0.6) is 0 Å². The molecule has 1 aromatic carbocycles. The summed E-state index contributed by atoms with van der Waals surface area (Å²) >= 11 is 0. The molecule has 4 N–H and O–H groups in total. The summed E-state index contributed by atoms with van der Waals surface area (Å²) in [6, 6.07) is 9.91. The van der Waals surface area contributed by atoms with Crippen molar-refractivity contribution in [3.05, 3.63) is 41.6 Å². The fourth-order valence-corrected chi connectivity index (χ4v) is 1.13. The monoisotopic (exact) mass is 191 g/mol. The van der Waals surface area contributed by atoms with Crippen LogP contribution in [-0.2, 0) is 0 Å². The summed E-state index contributed by atoms with van der Waals surface area (Å²) in [6.07, 6.45) is 1.67. The van der Waals surface area contributed by atoms with E-state index in [1.54, 1.807) is 0 Å². The normalized spacial score (nSPS) is 14.4. The van der Waals surface area contributed by atoms with Crippen LogP contribution in [0.1, 0.15) is 5.56 Å². The summed E-state index contributed by atoms with van der Waals surface area (Å²) in [7, 11) is 3.80. The minimum atomic E-state index is -0.227. The number of benzene rings is 1. The second-order valence-electron chi connectivity index (χ2n) is 3.46. The molecule has 0 saturated heterocycles. The Morgan fingerprint density at radius 3 is 2.36 bits per heavy atom. The maximum atomic E-state index is 5.84. The van der Waals surface area contributed by atoms with Crippen molar-refractivity contribution >= 4 is 6.08 Å². The number of hydrogen-bond acceptors (Lipinski definition) is 3. The van der Waals surface area contributed by atoms with Gasteiger partial charge >= 0.3 is 0 Å². The summed E-state index contributed by atoms with van der Waals surface area (Å²) in [5, 5.41) is 0. The first kappa shape index (κ1) is 10.8. The van der Waals surface area contributed by atoms with Crippen molar-refractivity contribution in [2.45, 2.75) is 6.17 Å². The molecule has 3 nitrogen and oxygen atoms in total. The molecule has 0 saturated carbocycles. The molecule has 0 radical (unpaired) electrons. The number of rotatable bonds is 3. The Kier molecular flexibility index (Phi) is 3.68. The van der Waals surface area contributed by atoms with E-state index in [1.807, 2.05) is 55.4 Å². The molecule has 76 valence electrons. The summed E-state index contributed by atoms with van der Waals surface area (Å²) in [5.41, 5.74) is 13.4. The second-order valence-corrected chi connectivity index (χ2v) is 3.46. The summed E-state index contributed by atoms with van der Waals surface area (Å²) in [5.74, 6) is 0. The predicted molar refractivity (Wildman–Crippen MR) is 60.3 cm³/mol. The largest absolute Gasteiger partial charge is 0.400 e. The molecule has 0 bridgehead atoms. The van der Waals surface area contributed by atoms with Crippen LogP contribution in [-0.4, -0.2) is 25.2 Å². The molecule has 0 aliphatic heterocycles. The SMILES string of the molecule is CN(C)C(N)/C(N)=C/c1ccccc1. The van der Waals surface area contributed by atoms with Crippen LogP contribution in [0.2, 0.25) is 0 Å². The highest BCUT2D eigenvalue weighted by atomic mass is 15.2. The van der Waals surface area contributed by atoms with Gasteiger partial charge in [-0.25, -0.2) is 0 Å². The Labute approximate surface area is 85.0 Å². The maximum Gasteiger partial charge on any atom is 0.0977 e. The lowest BCUT2D eigenvalue weighted by atomic mass is 10.2. The van der Waals surface area contributed by atoms with Crippen LogP contribution >= 0.6 is 0 Å². The van der Waals surface area contributed by atoms with Crippen LogP contribution in [0, 0.1) is 0 Å². The van der Waals surface area contributed by atoms with Gasteiger partial charge in [0.05, 0.1) is 6.17 Å². The summed E-state index contributed by atoms with van der Waals surface area (Å²) < 4.78 is 0. The zero-order valence-electron chi connectivity index (χ0n) is 8.64. The van der Waals surface area contributed by atoms with Crippen molar-refractivity contribution < 1.29 is 0 Å². The van der Waals surface area contributed by atoms with Gasteiger partial charge < -0.3 is 11.5 Å². The summed E-state index contributed by atoms with van der Waals surface area (Å²) in [6.45, 7) is 0. The first-order valence-corrected chi connectivity index (χ1v) is 4.55. The van der Waals surface area contributed by atoms with E-state index in [9.17, 15) is 0 Å². The van der Waals surface area contributed by atoms with Gasteiger partial charge in [-0.05, 0) is 25.7 Å². The highest BCUT2D eigenvalue weighted by molar-refractivity contribution is 5.52. The van der Waals surface area contributed by atoms with Gasteiger partial charge in [-0.15, -0.1) is 0 Å². The van der Waals surface area contributed by atoms with Gasteiger partial charge in [0.15, 0.2) is 0 Å². The topological polar surface area (TPSA) is 55.3 Å². The van der Waals surface area contributed by atoms with Crippen LogP contribution < -0.4 is 11.5 Å². The fourth-order valence-electron chi connectivity index (χ4n) is 1.13. The van der Waals surface area contributed by atoms with Gasteiger partial charge in [0, 0.05) is 5.70 Å². The smallest absolute Gasteiger partial charge is 0.0977 e. The number of hydrogen-bond donors (Lipinski definition) is 2. The highest BCUT2D eigenvalue weighted by Gasteiger charge is 2.06. The van der Waals surface area contributed by atoms with E-state index in [0.29, 0.717) is 5.70 Å². The van der Waals surface area contributed by atoms with Gasteiger partial charge in [0.2, 0.25) is 0 Å². The first-order valence-electron chi connectivity index (χ1n) is 4.55. The average Bonchev–Trinajstić information content (AvgIpc) is 2.18. The first-order chi connectivity index (χ1) is 6.61. The molecule has 0 aromatic heterocycles. The lowest BCUT2D eigenvalue weighted by Crippen LogP contribution is -2.40. The third kappa shape index (κ3) is 2.87. The standard InChI is InChI=1S/C11H17N3/c1-14(2)11(13)10(12)8-9-6-4-3-5-7-9/h3-8,11H,12-13H2,1-2H3/b10-8-. The van der Waals surface area contributed by atoms with Crippen LogP contribution in [0.15, 0.2) is 36.0 Å². The number of nitrogens with two attached hydrogens (primary N) is 2. The molecule has 0 heterocycles. The average molecular weight is 191 g/mol. The van der Waals surface area contributed by atoms with Crippen molar-refractivity contribution in [3.63, 3.8) is 0 Å². The van der Waals surface area contributed by atoms with E-state index in [1.165, 1.54) is 0 Å². The molecule has 0 amide bonds. The molecule has 1 rings (SSSR count).